The molecule has 3 amide bonds. The lowest BCUT2D eigenvalue weighted by Crippen LogP contribution is -2.68. The van der Waals surface area contributed by atoms with Crippen molar-refractivity contribution in [1.82, 2.24) is 30.5 Å². The van der Waals surface area contributed by atoms with Crippen LogP contribution in [0.15, 0.2) is 78.3 Å². The first-order valence-corrected chi connectivity index (χ1v) is 16.4. The maximum absolute atomic E-state index is 14.2. The molecule has 48 heavy (non-hydrogen) atoms. The molecule has 13 heteroatoms. The number of carbonyl (C=O) groups is 3. The number of aliphatic imine (C=N–C) groups is 1. The quantitative estimate of drug-likeness (QED) is 0.0569. The van der Waals surface area contributed by atoms with Gasteiger partial charge in [0.25, 0.3) is 0 Å². The fourth-order valence-electron chi connectivity index (χ4n) is 7.01. The third-order valence-corrected chi connectivity index (χ3v) is 9.29. The Hall–Kier alpha value is -5.17. The molecule has 4 aromatic rings. The van der Waals surface area contributed by atoms with E-state index < -0.39 is 23.4 Å². The molecule has 1 saturated heterocycles. The first kappa shape index (κ1) is 34.2. The van der Waals surface area contributed by atoms with Crippen LogP contribution in [0.5, 0.6) is 0 Å². The van der Waals surface area contributed by atoms with Crippen molar-refractivity contribution in [1.29, 1.82) is 0 Å². The second-order valence-corrected chi connectivity index (χ2v) is 12.6. The molecule has 0 bridgehead atoms. The minimum atomic E-state index is -1.50. The molecule has 13 nitrogen and oxygen atoms in total. The second-order valence-electron chi connectivity index (χ2n) is 12.6. The van der Waals surface area contributed by atoms with Crippen LogP contribution in [0.4, 0.5) is 0 Å². The zero-order chi connectivity index (χ0) is 34.1. The molecule has 4 atom stereocenters. The number of para-hydroxylation sites is 1. The van der Waals surface area contributed by atoms with Gasteiger partial charge in [-0.3, -0.25) is 19.4 Å². The van der Waals surface area contributed by atoms with Gasteiger partial charge in [0, 0.05) is 73.9 Å². The molecule has 1 fully saturated rings. The van der Waals surface area contributed by atoms with Gasteiger partial charge in [0.15, 0.2) is 5.96 Å². The van der Waals surface area contributed by atoms with E-state index in [0.717, 1.165) is 22.0 Å². The van der Waals surface area contributed by atoms with E-state index in [1.165, 1.54) is 13.3 Å². The topological polar surface area (TPSA) is 213 Å². The minimum absolute atomic E-state index is 0.00309. The van der Waals surface area contributed by atoms with Crippen LogP contribution in [0.25, 0.3) is 10.9 Å². The van der Waals surface area contributed by atoms with E-state index in [0.29, 0.717) is 57.4 Å². The highest BCUT2D eigenvalue weighted by atomic mass is 16.2. The molecule has 2 aromatic heterocycles. The average molecular weight is 655 g/mol. The number of nitrogens with zero attached hydrogens (tertiary/aromatic N) is 3. The Morgan fingerprint density at radius 2 is 1.88 bits per heavy atom. The average Bonchev–Trinajstić information content (AvgIpc) is 3.70. The smallest absolute Gasteiger partial charge is 0.243 e. The summed E-state index contributed by atoms with van der Waals surface area (Å²) in [6.07, 6.45) is 7.91. The van der Waals surface area contributed by atoms with Gasteiger partial charge in [-0.15, -0.1) is 0 Å². The van der Waals surface area contributed by atoms with Crippen LogP contribution in [-0.4, -0.2) is 80.8 Å². The lowest BCUT2D eigenvalue weighted by molar-refractivity contribution is -0.134. The van der Waals surface area contributed by atoms with Gasteiger partial charge in [-0.2, -0.15) is 0 Å². The predicted molar refractivity (Wildman–Crippen MR) is 185 cm³/mol. The van der Waals surface area contributed by atoms with Crippen LogP contribution in [0.3, 0.4) is 0 Å². The van der Waals surface area contributed by atoms with Crippen LogP contribution in [0, 0.1) is 5.92 Å². The van der Waals surface area contributed by atoms with Crippen LogP contribution in [0.2, 0.25) is 0 Å². The Morgan fingerprint density at radius 1 is 1.10 bits per heavy atom. The van der Waals surface area contributed by atoms with Crippen molar-refractivity contribution in [3.8, 4) is 0 Å². The summed E-state index contributed by atoms with van der Waals surface area (Å²) >= 11 is 0. The molecule has 0 radical (unpaired) electrons. The van der Waals surface area contributed by atoms with Gasteiger partial charge in [0.1, 0.15) is 5.54 Å². The van der Waals surface area contributed by atoms with Crippen molar-refractivity contribution in [3.05, 3.63) is 90.1 Å². The number of imidazole rings is 1. The molecule has 254 valence electrons. The van der Waals surface area contributed by atoms with Crippen molar-refractivity contribution in [3.63, 3.8) is 0 Å². The maximum atomic E-state index is 14.2. The number of carbonyl (C=O) groups excluding carboxylic acids is 3. The number of rotatable bonds is 15. The summed E-state index contributed by atoms with van der Waals surface area (Å²) in [4.78, 5) is 57.3. The lowest BCUT2D eigenvalue weighted by atomic mass is 9.71. The van der Waals surface area contributed by atoms with Gasteiger partial charge in [0.2, 0.25) is 17.7 Å². The molecular weight excluding hydrogens is 608 g/mol. The van der Waals surface area contributed by atoms with Gasteiger partial charge in [-0.1, -0.05) is 48.5 Å². The highest BCUT2D eigenvalue weighted by molar-refractivity contribution is 5.91. The molecule has 1 aliphatic heterocycles. The Balaban J connectivity index is 1.50. The number of fused-ring (bicyclic) bond motifs is 1. The summed E-state index contributed by atoms with van der Waals surface area (Å²) in [5.41, 5.74) is 19.7. The zero-order valence-corrected chi connectivity index (χ0v) is 27.3. The molecule has 1 unspecified atom stereocenters. The molecule has 1 aliphatic rings. The fraction of sp³-hybridized carbons (Fsp3) is 0.400. The van der Waals surface area contributed by atoms with E-state index in [4.69, 9.17) is 17.2 Å². The van der Waals surface area contributed by atoms with Crippen LogP contribution < -0.4 is 27.8 Å². The van der Waals surface area contributed by atoms with E-state index in [1.807, 2.05) is 59.6 Å². The standard InChI is InChI=1S/C35H46N10O3/c1-23(46)44-35(33(36)48,19-26-21-39-22-42-26)28(18-24-8-3-2-4-9-24)30-14-17-45(32(47)31(43-30)12-7-15-40-34(37)38)16-13-25-20-41-29-11-6-5-10-27(25)29/h2-6,8-11,20-22,28,30-31,41,43H,7,12-19H2,1H3,(H2,36,48)(H,39,42)(H,44,46)(H4,37,38,40)/t28-,30-,31-,35?/m0/s1. The highest BCUT2D eigenvalue weighted by Crippen LogP contribution is 2.32. The number of aromatic nitrogens is 3. The van der Waals surface area contributed by atoms with Crippen molar-refractivity contribution >= 4 is 34.6 Å². The van der Waals surface area contributed by atoms with Crippen molar-refractivity contribution in [2.75, 3.05) is 19.6 Å². The molecule has 0 spiro atoms. The van der Waals surface area contributed by atoms with Crippen LogP contribution in [0.1, 0.15) is 43.0 Å². The minimum Gasteiger partial charge on any atom is -0.370 e. The number of hydrogen-bond acceptors (Lipinski definition) is 6. The first-order valence-electron chi connectivity index (χ1n) is 16.4. The van der Waals surface area contributed by atoms with E-state index >= 15 is 0 Å². The van der Waals surface area contributed by atoms with Crippen molar-refractivity contribution in [2.45, 2.75) is 63.1 Å². The molecule has 2 aromatic carbocycles. The van der Waals surface area contributed by atoms with E-state index in [-0.39, 0.29) is 30.2 Å². The van der Waals surface area contributed by atoms with Crippen molar-refractivity contribution < 1.29 is 14.4 Å². The largest absolute Gasteiger partial charge is 0.370 e. The van der Waals surface area contributed by atoms with Crippen LogP contribution in [-0.2, 0) is 33.6 Å². The third kappa shape index (κ3) is 8.21. The summed E-state index contributed by atoms with van der Waals surface area (Å²) < 4.78 is 0. The first-order chi connectivity index (χ1) is 23.2. The SMILES string of the molecule is CC(=O)NC(Cc1cnc[nH]1)(C(N)=O)[C@@H](Cc1ccccc1)[C@@H]1CCN(CCc2c[nH]c3ccccc23)C(=O)[C@H](CCCN=C(N)N)N1. The Morgan fingerprint density at radius 3 is 2.58 bits per heavy atom. The number of guanidine groups is 1. The number of nitrogens with two attached hydrogens (primary N) is 3. The van der Waals surface area contributed by atoms with E-state index in [9.17, 15) is 14.4 Å². The molecule has 0 saturated carbocycles. The molecule has 0 aliphatic carbocycles. The Kier molecular flexibility index (Phi) is 11.1. The summed E-state index contributed by atoms with van der Waals surface area (Å²) in [7, 11) is 0. The molecule has 3 heterocycles. The number of nitrogens with one attached hydrogen (secondary N) is 4. The van der Waals surface area contributed by atoms with Gasteiger partial charge in [-0.05, 0) is 49.3 Å². The predicted octanol–water partition coefficient (Wildman–Crippen LogP) is 1.51. The molecule has 5 rings (SSSR count). The highest BCUT2D eigenvalue weighted by Gasteiger charge is 2.50. The Bertz CT molecular complexity index is 1700. The number of aromatic amines is 2. The number of benzene rings is 2. The molecule has 10 N–H and O–H groups in total. The number of amides is 3. The maximum Gasteiger partial charge on any atom is 0.243 e. The van der Waals surface area contributed by atoms with Crippen LogP contribution >= 0.6 is 0 Å². The summed E-state index contributed by atoms with van der Waals surface area (Å²) in [5.74, 6) is -1.61. The van der Waals surface area contributed by atoms with E-state index in [2.05, 4.69) is 36.6 Å². The van der Waals surface area contributed by atoms with E-state index in [1.54, 1.807) is 6.20 Å². The summed E-state index contributed by atoms with van der Waals surface area (Å²) in [5, 5.41) is 7.76. The lowest BCUT2D eigenvalue weighted by Gasteiger charge is -2.43. The van der Waals surface area contributed by atoms with Gasteiger partial charge in [0.05, 0.1) is 12.4 Å². The normalized spacial score (nSPS) is 18.5. The van der Waals surface area contributed by atoms with Crippen molar-refractivity contribution in [2.24, 2.45) is 28.1 Å². The molecular formula is C35H46N10O3. The summed E-state index contributed by atoms with van der Waals surface area (Å²) in [6.45, 7) is 2.72. The third-order valence-electron chi connectivity index (χ3n) is 9.29. The Labute approximate surface area is 280 Å². The fourth-order valence-corrected chi connectivity index (χ4v) is 7.01. The van der Waals surface area contributed by atoms with Gasteiger partial charge in [-0.25, -0.2) is 4.98 Å². The number of H-pyrrole nitrogens is 2. The monoisotopic (exact) mass is 654 g/mol. The number of primary amides is 1. The van der Waals surface area contributed by atoms with Gasteiger partial charge < -0.3 is 42.7 Å². The summed E-state index contributed by atoms with van der Waals surface area (Å²) in [6, 6.07) is 16.9. The number of hydrogen-bond donors (Lipinski definition) is 7. The zero-order valence-electron chi connectivity index (χ0n) is 27.3. The second kappa shape index (κ2) is 15.6. The van der Waals surface area contributed by atoms with Gasteiger partial charge >= 0.3 is 0 Å².